The van der Waals surface area contributed by atoms with Gasteiger partial charge in [0.2, 0.25) is 10.0 Å². The maximum Gasteiger partial charge on any atom is 0.315 e. The highest BCUT2D eigenvalue weighted by atomic mass is 32.2. The number of nitrogens with one attached hydrogen (secondary N) is 3. The predicted octanol–water partition coefficient (Wildman–Crippen LogP) is 1.67. The highest BCUT2D eigenvalue weighted by molar-refractivity contribution is 7.88. The molecule has 8 heteroatoms. The van der Waals surface area contributed by atoms with Crippen molar-refractivity contribution in [2.45, 2.75) is 12.3 Å². The molecule has 2 rings (SSSR count). The Morgan fingerprint density at radius 1 is 1.00 bits per heavy atom. The number of benzene rings is 1. The summed E-state index contributed by atoms with van der Waals surface area (Å²) in [6.45, 7) is 0.842. The molecule has 0 aliphatic heterocycles. The molecule has 124 valence electrons. The molecule has 0 fully saturated rings. The van der Waals surface area contributed by atoms with E-state index >= 15 is 0 Å². The van der Waals surface area contributed by atoms with Crippen molar-refractivity contribution in [3.8, 4) is 0 Å². The van der Waals surface area contributed by atoms with Gasteiger partial charge in [0.05, 0.1) is 12.3 Å². The molecule has 0 spiro atoms. The Hall–Kier alpha value is -1.90. The number of hydrogen-bond acceptors (Lipinski definition) is 4. The van der Waals surface area contributed by atoms with Gasteiger partial charge in [-0.1, -0.05) is 36.4 Å². The van der Waals surface area contributed by atoms with Gasteiger partial charge in [0.1, 0.15) is 0 Å². The van der Waals surface area contributed by atoms with E-state index < -0.39 is 10.0 Å². The van der Waals surface area contributed by atoms with Crippen molar-refractivity contribution in [3.63, 3.8) is 0 Å². The Kier molecular flexibility index (Phi) is 6.57. The third kappa shape index (κ3) is 6.81. The third-order valence-electron chi connectivity index (χ3n) is 2.94. The molecule has 0 saturated heterocycles. The van der Waals surface area contributed by atoms with Crippen molar-refractivity contribution in [2.75, 3.05) is 13.1 Å². The zero-order valence-electron chi connectivity index (χ0n) is 12.5. The summed E-state index contributed by atoms with van der Waals surface area (Å²) in [5.41, 5.74) is 0.724. The fourth-order valence-electron chi connectivity index (χ4n) is 1.87. The summed E-state index contributed by atoms with van der Waals surface area (Å²) in [6, 6.07) is 12.5. The lowest BCUT2D eigenvalue weighted by molar-refractivity contribution is 0.240. The van der Waals surface area contributed by atoms with Crippen LogP contribution in [0.4, 0.5) is 4.79 Å². The van der Waals surface area contributed by atoms with Crippen LogP contribution in [0.5, 0.6) is 0 Å². The Morgan fingerprint density at radius 2 is 1.78 bits per heavy atom. The first-order valence-corrected chi connectivity index (χ1v) is 9.64. The van der Waals surface area contributed by atoms with Gasteiger partial charge in [0, 0.05) is 18.0 Å². The van der Waals surface area contributed by atoms with E-state index in [0.717, 1.165) is 10.4 Å². The second kappa shape index (κ2) is 8.66. The van der Waals surface area contributed by atoms with E-state index in [1.54, 1.807) is 35.6 Å². The van der Waals surface area contributed by atoms with Gasteiger partial charge in [0.25, 0.3) is 0 Å². The highest BCUT2D eigenvalue weighted by Gasteiger charge is 2.10. The van der Waals surface area contributed by atoms with Crippen LogP contribution in [0, 0.1) is 0 Å². The molecule has 2 aromatic rings. The van der Waals surface area contributed by atoms with E-state index in [1.165, 1.54) is 0 Å². The monoisotopic (exact) mass is 353 g/mol. The minimum Gasteiger partial charge on any atom is -0.337 e. The lowest BCUT2D eigenvalue weighted by Crippen LogP contribution is -2.40. The zero-order chi connectivity index (χ0) is 16.5. The molecule has 3 N–H and O–H groups in total. The topological polar surface area (TPSA) is 87.3 Å². The average Bonchev–Trinajstić information content (AvgIpc) is 3.03. The number of carbonyl (C=O) groups is 1. The first kappa shape index (κ1) is 17.5. The van der Waals surface area contributed by atoms with Crippen molar-refractivity contribution in [1.29, 1.82) is 0 Å². The molecule has 0 bridgehead atoms. The van der Waals surface area contributed by atoms with Crippen LogP contribution in [0.3, 0.4) is 0 Å². The van der Waals surface area contributed by atoms with Crippen molar-refractivity contribution >= 4 is 27.4 Å². The van der Waals surface area contributed by atoms with Crippen LogP contribution in [-0.4, -0.2) is 27.5 Å². The van der Waals surface area contributed by atoms with E-state index in [9.17, 15) is 13.2 Å². The number of sulfonamides is 1. The van der Waals surface area contributed by atoms with Gasteiger partial charge in [-0.05, 0) is 17.0 Å². The molecule has 1 aromatic heterocycles. The zero-order valence-corrected chi connectivity index (χ0v) is 14.1. The summed E-state index contributed by atoms with van der Waals surface area (Å²) in [5, 5.41) is 7.26. The van der Waals surface area contributed by atoms with E-state index in [2.05, 4.69) is 15.4 Å². The smallest absolute Gasteiger partial charge is 0.315 e. The van der Waals surface area contributed by atoms with Gasteiger partial charge in [-0.15, -0.1) is 11.3 Å². The van der Waals surface area contributed by atoms with Crippen LogP contribution in [0.1, 0.15) is 10.4 Å². The summed E-state index contributed by atoms with van der Waals surface area (Å²) < 4.78 is 26.2. The summed E-state index contributed by atoms with van der Waals surface area (Å²) in [7, 11) is -3.40. The minimum atomic E-state index is -3.40. The van der Waals surface area contributed by atoms with Crippen LogP contribution in [0.15, 0.2) is 47.8 Å². The Labute approximate surface area is 140 Å². The predicted molar refractivity (Wildman–Crippen MR) is 91.6 cm³/mol. The highest BCUT2D eigenvalue weighted by Crippen LogP contribution is 2.07. The van der Waals surface area contributed by atoms with Gasteiger partial charge in [0.15, 0.2) is 0 Å². The first-order chi connectivity index (χ1) is 11.1. The molecule has 0 saturated carbocycles. The van der Waals surface area contributed by atoms with E-state index in [0.29, 0.717) is 6.54 Å². The Balaban J connectivity index is 1.63. The van der Waals surface area contributed by atoms with Gasteiger partial charge < -0.3 is 10.6 Å². The summed E-state index contributed by atoms with van der Waals surface area (Å²) in [5.74, 6) is -0.0710. The maximum absolute atomic E-state index is 11.9. The SMILES string of the molecule is O=C(NCCNS(=O)(=O)Cc1ccccc1)NCc1cccs1. The van der Waals surface area contributed by atoms with Crippen LogP contribution >= 0.6 is 11.3 Å². The maximum atomic E-state index is 11.9. The molecular formula is C15H19N3O3S2. The van der Waals surface area contributed by atoms with E-state index in [-0.39, 0.29) is 24.9 Å². The Bertz CT molecular complexity index is 701. The van der Waals surface area contributed by atoms with Gasteiger partial charge >= 0.3 is 6.03 Å². The summed E-state index contributed by atoms with van der Waals surface area (Å²) >= 11 is 1.56. The molecule has 0 radical (unpaired) electrons. The van der Waals surface area contributed by atoms with Crippen LogP contribution in [0.25, 0.3) is 0 Å². The first-order valence-electron chi connectivity index (χ1n) is 7.10. The van der Waals surface area contributed by atoms with Gasteiger partial charge in [-0.25, -0.2) is 17.9 Å². The fourth-order valence-corrected chi connectivity index (χ4v) is 3.66. The molecule has 0 unspecified atom stereocenters. The summed E-state index contributed by atoms with van der Waals surface area (Å²) in [6.07, 6.45) is 0. The minimum absolute atomic E-state index is 0.0710. The molecule has 0 aliphatic carbocycles. The third-order valence-corrected chi connectivity index (χ3v) is 5.17. The average molecular weight is 353 g/mol. The van der Waals surface area contributed by atoms with E-state index in [4.69, 9.17) is 0 Å². The van der Waals surface area contributed by atoms with Crippen LogP contribution in [-0.2, 0) is 22.3 Å². The van der Waals surface area contributed by atoms with Gasteiger partial charge in [-0.2, -0.15) is 0 Å². The molecule has 6 nitrogen and oxygen atoms in total. The van der Waals surface area contributed by atoms with Crippen LogP contribution in [0.2, 0.25) is 0 Å². The molecule has 1 heterocycles. The van der Waals surface area contributed by atoms with Crippen molar-refractivity contribution in [2.24, 2.45) is 0 Å². The largest absolute Gasteiger partial charge is 0.337 e. The number of amides is 2. The number of rotatable bonds is 8. The second-order valence-electron chi connectivity index (χ2n) is 4.83. The normalized spacial score (nSPS) is 11.1. The number of urea groups is 1. The number of thiophene rings is 1. The molecule has 0 atom stereocenters. The lowest BCUT2D eigenvalue weighted by Gasteiger charge is -2.09. The number of hydrogen-bond donors (Lipinski definition) is 3. The van der Waals surface area contributed by atoms with Gasteiger partial charge in [-0.3, -0.25) is 0 Å². The molecular weight excluding hydrogens is 334 g/mol. The van der Waals surface area contributed by atoms with E-state index in [1.807, 2.05) is 23.6 Å². The van der Waals surface area contributed by atoms with Crippen molar-refractivity contribution < 1.29 is 13.2 Å². The molecule has 0 aliphatic rings. The van der Waals surface area contributed by atoms with Crippen molar-refractivity contribution in [3.05, 3.63) is 58.3 Å². The molecule has 1 aromatic carbocycles. The number of carbonyl (C=O) groups excluding carboxylic acids is 1. The lowest BCUT2D eigenvalue weighted by atomic mass is 10.2. The van der Waals surface area contributed by atoms with Crippen LogP contribution < -0.4 is 15.4 Å². The summed E-state index contributed by atoms with van der Waals surface area (Å²) in [4.78, 5) is 12.6. The fraction of sp³-hybridized carbons (Fsp3) is 0.267. The standard InChI is InChI=1S/C15H19N3O3S2/c19-15(17-11-14-7-4-10-22-14)16-8-9-18-23(20,21)12-13-5-2-1-3-6-13/h1-7,10,18H,8-9,11-12H2,(H2,16,17,19). The van der Waals surface area contributed by atoms with Crippen molar-refractivity contribution in [1.82, 2.24) is 15.4 Å². The molecule has 23 heavy (non-hydrogen) atoms. The second-order valence-corrected chi connectivity index (χ2v) is 7.67. The quantitative estimate of drug-likeness (QED) is 0.631. The Morgan fingerprint density at radius 3 is 2.48 bits per heavy atom. The molecule has 2 amide bonds.